The third kappa shape index (κ3) is 6.92. The van der Waals surface area contributed by atoms with Crippen molar-refractivity contribution in [2.24, 2.45) is 0 Å². The summed E-state index contributed by atoms with van der Waals surface area (Å²) in [7, 11) is 0. The van der Waals surface area contributed by atoms with Gasteiger partial charge in [0, 0.05) is 0 Å². The molecule has 0 fully saturated rings. The number of rotatable bonds is 11. The van der Waals surface area contributed by atoms with Gasteiger partial charge < -0.3 is 0 Å². The minimum absolute atomic E-state index is 0.995. The first kappa shape index (κ1) is 16.5. The molecule has 0 radical (unpaired) electrons. The fourth-order valence-electron chi connectivity index (χ4n) is 2.51. The molecule has 0 saturated carbocycles. The summed E-state index contributed by atoms with van der Waals surface area (Å²) in [6, 6.07) is 0. The molecule has 0 unspecified atom stereocenters. The van der Waals surface area contributed by atoms with E-state index in [1.807, 2.05) is 0 Å². The van der Waals surface area contributed by atoms with E-state index in [0.29, 0.717) is 0 Å². The molecule has 0 rings (SSSR count). The summed E-state index contributed by atoms with van der Waals surface area (Å²) in [6.07, 6.45) is 9.27. The van der Waals surface area contributed by atoms with Gasteiger partial charge in [-0.15, -0.1) is 0 Å². The monoisotopic (exact) mass is 334 g/mol. The van der Waals surface area contributed by atoms with Crippen molar-refractivity contribution in [3.8, 4) is 0 Å². The summed E-state index contributed by atoms with van der Waals surface area (Å²) < 4.78 is 5.38. The van der Waals surface area contributed by atoms with Gasteiger partial charge in [0.1, 0.15) is 0 Å². The van der Waals surface area contributed by atoms with E-state index in [2.05, 4.69) is 20.8 Å². The van der Waals surface area contributed by atoms with Gasteiger partial charge in [-0.3, -0.25) is 0 Å². The molecule has 0 aliphatic carbocycles. The molecule has 0 N–H and O–H groups in total. The van der Waals surface area contributed by atoms with E-state index >= 15 is 0 Å². The van der Waals surface area contributed by atoms with Crippen molar-refractivity contribution >= 4 is 24.7 Å². The van der Waals surface area contributed by atoms with Crippen LogP contribution in [0.25, 0.3) is 0 Å². The van der Waals surface area contributed by atoms with Crippen LogP contribution in [0.2, 0.25) is 17.7 Å². The molecule has 0 atom stereocenters. The van der Waals surface area contributed by atoms with Crippen LogP contribution in [0.1, 0.15) is 59.3 Å². The molecular formula is C14H30OSn. The van der Waals surface area contributed by atoms with Crippen molar-refractivity contribution in [3.63, 3.8) is 0 Å². The molecule has 0 saturated heterocycles. The first-order chi connectivity index (χ1) is 7.74. The van der Waals surface area contributed by atoms with Crippen molar-refractivity contribution < 1.29 is 4.79 Å². The molecule has 96 valence electrons. The fraction of sp³-hybridized carbons (Fsp3) is 0.929. The molecule has 0 spiro atoms. The Morgan fingerprint density at radius 3 is 1.44 bits per heavy atom. The van der Waals surface area contributed by atoms with Gasteiger partial charge in [-0.25, -0.2) is 0 Å². The van der Waals surface area contributed by atoms with Gasteiger partial charge in [-0.2, -0.15) is 0 Å². The van der Waals surface area contributed by atoms with Crippen molar-refractivity contribution in [2.75, 3.05) is 0 Å². The van der Waals surface area contributed by atoms with Crippen LogP contribution in [-0.4, -0.2) is 24.7 Å². The number of hydrogen-bond acceptors (Lipinski definition) is 1. The molecule has 0 aromatic rings. The molecule has 0 aromatic carbocycles. The first-order valence-corrected chi connectivity index (χ1v) is 15.3. The Kier molecular flexibility index (Phi) is 10.9. The maximum absolute atomic E-state index is 11.0. The predicted octanol–water partition coefficient (Wildman–Crippen LogP) is 5.03. The summed E-state index contributed by atoms with van der Waals surface area (Å²) in [5.74, 6) is 0. The van der Waals surface area contributed by atoms with Crippen LogP contribution in [-0.2, 0) is 4.79 Å². The molecule has 0 aromatic heterocycles. The number of aldehydes is 1. The van der Waals surface area contributed by atoms with E-state index < -0.39 is 18.4 Å². The van der Waals surface area contributed by atoms with Gasteiger partial charge in [0.05, 0.1) is 0 Å². The number of hydrogen-bond donors (Lipinski definition) is 0. The Balaban J connectivity index is 4.37. The maximum atomic E-state index is 11.0. The normalized spacial score (nSPS) is 11.7. The summed E-state index contributed by atoms with van der Waals surface area (Å²) in [4.78, 5) is 11.0. The summed E-state index contributed by atoms with van der Waals surface area (Å²) >= 11 is -2.03. The number of unbranched alkanes of at least 4 members (excludes halogenated alkanes) is 3. The minimum atomic E-state index is -2.03. The van der Waals surface area contributed by atoms with Gasteiger partial charge in [0.2, 0.25) is 0 Å². The van der Waals surface area contributed by atoms with Gasteiger partial charge in [0.25, 0.3) is 0 Å². The fourth-order valence-corrected chi connectivity index (χ4v) is 16.9. The Hall–Kier alpha value is 0.469. The van der Waals surface area contributed by atoms with E-state index in [1.165, 1.54) is 58.1 Å². The van der Waals surface area contributed by atoms with Crippen molar-refractivity contribution in [1.82, 2.24) is 0 Å². The van der Waals surface area contributed by atoms with E-state index in [1.54, 1.807) is 0 Å². The average Bonchev–Trinajstić information content (AvgIpc) is 2.31. The van der Waals surface area contributed by atoms with E-state index in [0.717, 1.165) is 4.44 Å². The second-order valence-electron chi connectivity index (χ2n) is 5.18. The van der Waals surface area contributed by atoms with E-state index in [-0.39, 0.29) is 0 Å². The third-order valence-corrected chi connectivity index (χ3v) is 18.8. The molecule has 1 nitrogen and oxygen atoms in total. The van der Waals surface area contributed by atoms with Crippen LogP contribution in [0, 0.1) is 0 Å². The molecule has 2 heteroatoms. The SMILES string of the molecule is CCC[CH2][Sn]([CH2]C=O)([CH2]CCC)[CH2]CCC. The van der Waals surface area contributed by atoms with Crippen LogP contribution < -0.4 is 0 Å². The molecular weight excluding hydrogens is 303 g/mol. The topological polar surface area (TPSA) is 17.1 Å². The first-order valence-electron chi connectivity index (χ1n) is 7.18. The van der Waals surface area contributed by atoms with Crippen molar-refractivity contribution in [3.05, 3.63) is 0 Å². The summed E-state index contributed by atoms with van der Waals surface area (Å²) in [5, 5.41) is 0. The number of carbonyl (C=O) groups excluding carboxylic acids is 1. The van der Waals surface area contributed by atoms with Crippen LogP contribution in [0.3, 0.4) is 0 Å². The zero-order chi connectivity index (χ0) is 12.3. The van der Waals surface area contributed by atoms with E-state index in [4.69, 9.17) is 0 Å². The van der Waals surface area contributed by atoms with Crippen LogP contribution in [0.15, 0.2) is 0 Å². The molecule has 16 heavy (non-hydrogen) atoms. The van der Waals surface area contributed by atoms with Crippen LogP contribution >= 0.6 is 0 Å². The van der Waals surface area contributed by atoms with Crippen molar-refractivity contribution in [1.29, 1.82) is 0 Å². The number of carbonyl (C=O) groups is 1. The van der Waals surface area contributed by atoms with Gasteiger partial charge in [-0.05, 0) is 0 Å². The molecule has 0 aliphatic rings. The second kappa shape index (κ2) is 10.6. The van der Waals surface area contributed by atoms with Crippen molar-refractivity contribution in [2.45, 2.75) is 77.0 Å². The zero-order valence-corrected chi connectivity index (χ0v) is 14.4. The Morgan fingerprint density at radius 1 is 0.812 bits per heavy atom. The summed E-state index contributed by atoms with van der Waals surface area (Å²) in [6.45, 7) is 6.82. The predicted molar refractivity (Wildman–Crippen MR) is 75.8 cm³/mol. The van der Waals surface area contributed by atoms with Crippen LogP contribution in [0.5, 0.6) is 0 Å². The van der Waals surface area contributed by atoms with Gasteiger partial charge in [0.15, 0.2) is 0 Å². The standard InChI is InChI=1S/3C4H9.C2H3O.Sn/c3*1-3-4-2;1-2-3;/h3*1,3-4H2,2H3;2H,1H2;. The molecule has 0 bridgehead atoms. The zero-order valence-electron chi connectivity index (χ0n) is 11.6. The van der Waals surface area contributed by atoms with E-state index in [9.17, 15) is 4.79 Å². The Morgan fingerprint density at radius 2 is 1.19 bits per heavy atom. The second-order valence-corrected chi connectivity index (χ2v) is 19.2. The molecule has 0 aliphatic heterocycles. The van der Waals surface area contributed by atoms with Gasteiger partial charge >= 0.3 is 107 Å². The Labute approximate surface area is 106 Å². The molecule has 0 amide bonds. The Bertz CT molecular complexity index is 146. The molecule has 0 heterocycles. The van der Waals surface area contributed by atoms with Crippen LogP contribution in [0.4, 0.5) is 0 Å². The quantitative estimate of drug-likeness (QED) is 0.383. The van der Waals surface area contributed by atoms with Gasteiger partial charge in [-0.1, -0.05) is 0 Å². The summed E-state index contributed by atoms with van der Waals surface area (Å²) in [5.41, 5.74) is 0. The third-order valence-electron chi connectivity index (χ3n) is 3.70. The average molecular weight is 333 g/mol.